The zero-order valence-electron chi connectivity index (χ0n) is 9.34. The summed E-state index contributed by atoms with van der Waals surface area (Å²) in [6.45, 7) is -0.518. The first-order valence-corrected chi connectivity index (χ1v) is 5.24. The minimum absolute atomic E-state index is 0.151. The number of nitriles is 1. The first-order valence-electron chi connectivity index (χ1n) is 5.24. The Morgan fingerprint density at radius 1 is 1.22 bits per heavy atom. The van der Waals surface area contributed by atoms with Crippen LogP contribution in [0.25, 0.3) is 0 Å². The zero-order valence-corrected chi connectivity index (χ0v) is 9.34. The van der Waals surface area contributed by atoms with Crippen LogP contribution in [0.1, 0.15) is 20.7 Å². The summed E-state index contributed by atoms with van der Waals surface area (Å²) in [5, 5.41) is 10.6. The monoisotopic (exact) mass is 243 g/mol. The van der Waals surface area contributed by atoms with Crippen LogP contribution in [-0.2, 0) is 4.79 Å². The predicted molar refractivity (Wildman–Crippen MR) is 60.4 cm³/mol. The first-order chi connectivity index (χ1) is 8.65. The van der Waals surface area contributed by atoms with Gasteiger partial charge in [0.05, 0.1) is 17.2 Å². The Morgan fingerprint density at radius 3 is 2.28 bits per heavy atom. The molecule has 2 rings (SSSR count). The van der Waals surface area contributed by atoms with Gasteiger partial charge in [0.1, 0.15) is 13.1 Å². The molecule has 6 heteroatoms. The van der Waals surface area contributed by atoms with Gasteiger partial charge in [-0.1, -0.05) is 12.1 Å². The summed E-state index contributed by atoms with van der Waals surface area (Å²) in [6, 6.07) is 8.14. The van der Waals surface area contributed by atoms with Gasteiger partial charge in [0.2, 0.25) is 5.91 Å². The van der Waals surface area contributed by atoms with E-state index >= 15 is 0 Å². The van der Waals surface area contributed by atoms with E-state index in [1.54, 1.807) is 30.3 Å². The van der Waals surface area contributed by atoms with Gasteiger partial charge in [-0.2, -0.15) is 5.26 Å². The Hall–Kier alpha value is -2.68. The van der Waals surface area contributed by atoms with Gasteiger partial charge in [-0.25, -0.2) is 0 Å². The quantitative estimate of drug-likeness (QED) is 0.594. The molecule has 90 valence electrons. The van der Waals surface area contributed by atoms with Crippen LogP contribution in [0, 0.1) is 11.3 Å². The summed E-state index contributed by atoms with van der Waals surface area (Å²) in [4.78, 5) is 36.0. The number of carbonyl (C=O) groups excluding carboxylic acids is 3. The molecule has 1 heterocycles. The normalized spacial score (nSPS) is 13.2. The van der Waals surface area contributed by atoms with Crippen LogP contribution < -0.4 is 5.32 Å². The lowest BCUT2D eigenvalue weighted by atomic mass is 10.1. The van der Waals surface area contributed by atoms with E-state index in [0.717, 1.165) is 4.90 Å². The summed E-state index contributed by atoms with van der Waals surface area (Å²) < 4.78 is 0. The number of nitrogens with one attached hydrogen (secondary N) is 1. The third kappa shape index (κ3) is 1.94. The molecule has 0 atom stereocenters. The number of nitrogens with zero attached hydrogens (tertiary/aromatic N) is 2. The summed E-state index contributed by atoms with van der Waals surface area (Å²) in [5.41, 5.74) is 0.603. The van der Waals surface area contributed by atoms with E-state index in [9.17, 15) is 14.4 Å². The fourth-order valence-electron chi connectivity index (χ4n) is 1.72. The van der Waals surface area contributed by atoms with E-state index in [4.69, 9.17) is 5.26 Å². The smallest absolute Gasteiger partial charge is 0.262 e. The standard InChI is InChI=1S/C12H9N3O3/c13-5-6-14-10(16)7-15-11(17)8-3-1-2-4-9(8)12(15)18/h1-4H,6-7H2,(H,14,16). The van der Waals surface area contributed by atoms with E-state index in [1.165, 1.54) is 0 Å². The fourth-order valence-corrected chi connectivity index (χ4v) is 1.72. The van der Waals surface area contributed by atoms with E-state index in [2.05, 4.69) is 5.32 Å². The molecule has 1 aliphatic rings. The molecule has 1 aromatic rings. The molecule has 0 spiro atoms. The predicted octanol–water partition coefficient (Wildman–Crippen LogP) is -0.0776. The Kier molecular flexibility index (Phi) is 3.06. The lowest BCUT2D eigenvalue weighted by Crippen LogP contribution is -2.40. The molecule has 0 aromatic heterocycles. The van der Waals surface area contributed by atoms with Crippen LogP contribution in [0.5, 0.6) is 0 Å². The molecule has 18 heavy (non-hydrogen) atoms. The average molecular weight is 243 g/mol. The summed E-state index contributed by atoms with van der Waals surface area (Å²) in [7, 11) is 0. The van der Waals surface area contributed by atoms with E-state index in [1.807, 2.05) is 0 Å². The molecule has 6 nitrogen and oxygen atoms in total. The number of carbonyl (C=O) groups is 3. The highest BCUT2D eigenvalue weighted by Gasteiger charge is 2.35. The van der Waals surface area contributed by atoms with E-state index in [0.29, 0.717) is 11.1 Å². The van der Waals surface area contributed by atoms with Gasteiger partial charge in [0, 0.05) is 0 Å². The van der Waals surface area contributed by atoms with Crippen molar-refractivity contribution < 1.29 is 14.4 Å². The Bertz CT molecular complexity index is 539. The Labute approximate surface area is 103 Å². The number of imide groups is 1. The molecule has 0 saturated heterocycles. The molecule has 0 radical (unpaired) electrons. The highest BCUT2D eigenvalue weighted by Crippen LogP contribution is 2.21. The van der Waals surface area contributed by atoms with Crippen molar-refractivity contribution in [1.82, 2.24) is 10.2 Å². The van der Waals surface area contributed by atoms with Gasteiger partial charge >= 0.3 is 0 Å². The molecular formula is C12H9N3O3. The van der Waals surface area contributed by atoms with Gasteiger partial charge in [-0.05, 0) is 12.1 Å². The number of fused-ring (bicyclic) bond motifs is 1. The lowest BCUT2D eigenvalue weighted by molar-refractivity contribution is -0.121. The average Bonchev–Trinajstić information content (AvgIpc) is 2.62. The van der Waals surface area contributed by atoms with Crippen LogP contribution >= 0.6 is 0 Å². The summed E-state index contributed by atoms with van der Waals surface area (Å²) in [6.07, 6.45) is 0. The van der Waals surface area contributed by atoms with Crippen LogP contribution in [0.3, 0.4) is 0 Å². The molecule has 0 fully saturated rings. The topological polar surface area (TPSA) is 90.3 Å². The van der Waals surface area contributed by atoms with E-state index in [-0.39, 0.29) is 13.1 Å². The SMILES string of the molecule is N#CCNC(=O)CN1C(=O)c2ccccc2C1=O. The van der Waals surface area contributed by atoms with Crippen molar-refractivity contribution in [3.63, 3.8) is 0 Å². The molecule has 0 bridgehead atoms. The third-order valence-electron chi connectivity index (χ3n) is 2.54. The second kappa shape index (κ2) is 4.67. The van der Waals surface area contributed by atoms with Crippen LogP contribution in [0.2, 0.25) is 0 Å². The second-order valence-electron chi connectivity index (χ2n) is 3.68. The second-order valence-corrected chi connectivity index (χ2v) is 3.68. The lowest BCUT2D eigenvalue weighted by Gasteiger charge is -2.12. The van der Waals surface area contributed by atoms with Crippen molar-refractivity contribution >= 4 is 17.7 Å². The van der Waals surface area contributed by atoms with Gasteiger partial charge in [0.15, 0.2) is 0 Å². The summed E-state index contributed by atoms with van der Waals surface area (Å²) >= 11 is 0. The van der Waals surface area contributed by atoms with Gasteiger partial charge in [-0.15, -0.1) is 0 Å². The van der Waals surface area contributed by atoms with Crippen LogP contribution in [0.4, 0.5) is 0 Å². The zero-order chi connectivity index (χ0) is 13.1. The molecule has 1 aromatic carbocycles. The van der Waals surface area contributed by atoms with Crippen LogP contribution in [-0.4, -0.2) is 35.7 Å². The molecule has 0 saturated carbocycles. The number of hydrogen-bond donors (Lipinski definition) is 1. The number of amides is 3. The van der Waals surface area contributed by atoms with E-state index < -0.39 is 17.7 Å². The van der Waals surface area contributed by atoms with Gasteiger partial charge < -0.3 is 5.32 Å². The molecule has 3 amide bonds. The van der Waals surface area contributed by atoms with Crippen molar-refractivity contribution in [2.75, 3.05) is 13.1 Å². The van der Waals surface area contributed by atoms with Crippen molar-refractivity contribution in [3.05, 3.63) is 35.4 Å². The maximum atomic E-state index is 11.9. The van der Waals surface area contributed by atoms with Crippen molar-refractivity contribution in [1.29, 1.82) is 5.26 Å². The Morgan fingerprint density at radius 2 is 1.78 bits per heavy atom. The number of benzene rings is 1. The van der Waals surface area contributed by atoms with Crippen LogP contribution in [0.15, 0.2) is 24.3 Å². The molecule has 0 aliphatic carbocycles. The molecule has 1 aliphatic heterocycles. The van der Waals surface area contributed by atoms with Gasteiger partial charge in [-0.3, -0.25) is 19.3 Å². The highest BCUT2D eigenvalue weighted by molar-refractivity contribution is 6.22. The summed E-state index contributed by atoms with van der Waals surface area (Å²) in [5.74, 6) is -1.50. The molecule has 1 N–H and O–H groups in total. The van der Waals surface area contributed by atoms with Crippen molar-refractivity contribution in [3.8, 4) is 6.07 Å². The fraction of sp³-hybridized carbons (Fsp3) is 0.167. The Balaban J connectivity index is 2.14. The first kappa shape index (κ1) is 11.8. The number of hydrogen-bond acceptors (Lipinski definition) is 4. The third-order valence-corrected chi connectivity index (χ3v) is 2.54. The maximum absolute atomic E-state index is 11.9. The maximum Gasteiger partial charge on any atom is 0.262 e. The molecular weight excluding hydrogens is 234 g/mol. The van der Waals surface area contributed by atoms with Gasteiger partial charge in [0.25, 0.3) is 11.8 Å². The largest absolute Gasteiger partial charge is 0.341 e. The van der Waals surface area contributed by atoms with Crippen molar-refractivity contribution in [2.45, 2.75) is 0 Å². The number of rotatable bonds is 3. The van der Waals surface area contributed by atoms with Crippen molar-refractivity contribution in [2.24, 2.45) is 0 Å². The highest BCUT2D eigenvalue weighted by atomic mass is 16.2. The minimum atomic E-state index is -0.536. The minimum Gasteiger partial charge on any atom is -0.341 e. The molecule has 0 unspecified atom stereocenters.